The average molecular weight is 426 g/mol. The van der Waals surface area contributed by atoms with E-state index in [1.54, 1.807) is 12.1 Å². The van der Waals surface area contributed by atoms with E-state index in [4.69, 9.17) is 14.5 Å². The van der Waals surface area contributed by atoms with E-state index >= 15 is 0 Å². The molecule has 0 unspecified atom stereocenters. The van der Waals surface area contributed by atoms with Crippen LogP contribution in [0.5, 0.6) is 11.5 Å². The number of halogens is 1. The van der Waals surface area contributed by atoms with E-state index in [0.717, 1.165) is 44.8 Å². The lowest BCUT2D eigenvalue weighted by atomic mass is 10.0. The Morgan fingerprint density at radius 1 is 0.938 bits per heavy atom. The average Bonchev–Trinajstić information content (AvgIpc) is 3.43. The summed E-state index contributed by atoms with van der Waals surface area (Å²) in [5.74, 6) is 1.13. The summed E-state index contributed by atoms with van der Waals surface area (Å²) in [7, 11) is 0. The number of imidazole rings is 1. The molecule has 0 saturated carbocycles. The molecule has 1 N–H and O–H groups in total. The number of ether oxygens (including phenoxy) is 2. The van der Waals surface area contributed by atoms with Crippen LogP contribution in [-0.4, -0.2) is 21.2 Å². The second kappa shape index (κ2) is 7.62. The molecule has 0 fully saturated rings. The molecular weight excluding hydrogens is 407 g/mol. The third-order valence-corrected chi connectivity index (χ3v) is 5.54. The van der Waals surface area contributed by atoms with Gasteiger partial charge in [-0.1, -0.05) is 6.07 Å². The Morgan fingerprint density at radius 2 is 1.78 bits per heavy atom. The lowest BCUT2D eigenvalue weighted by molar-refractivity contribution is 0.174. The molecule has 1 aliphatic heterocycles. The molecule has 32 heavy (non-hydrogen) atoms. The quantitative estimate of drug-likeness (QED) is 0.441. The largest absolute Gasteiger partial charge is 0.454 e. The third-order valence-electron chi connectivity index (χ3n) is 5.54. The second-order valence-electron chi connectivity index (χ2n) is 7.70. The van der Waals surface area contributed by atoms with Crippen LogP contribution in [0.15, 0.2) is 73.1 Å². The molecule has 0 amide bonds. The maximum Gasteiger partial charge on any atom is 0.231 e. The van der Waals surface area contributed by atoms with Gasteiger partial charge < -0.3 is 19.2 Å². The van der Waals surface area contributed by atoms with Gasteiger partial charge in [0.05, 0.1) is 16.9 Å². The molecule has 6 nitrogen and oxygen atoms in total. The molecule has 0 atom stereocenters. The van der Waals surface area contributed by atoms with Crippen molar-refractivity contribution in [3.8, 4) is 22.8 Å². The van der Waals surface area contributed by atoms with E-state index in [1.807, 2.05) is 47.1 Å². The molecule has 3 aromatic heterocycles. The molecule has 4 heterocycles. The zero-order valence-corrected chi connectivity index (χ0v) is 17.1. The number of hydrogen-bond acceptors (Lipinski definition) is 5. The first-order chi connectivity index (χ1) is 15.7. The Balaban J connectivity index is 1.34. The summed E-state index contributed by atoms with van der Waals surface area (Å²) >= 11 is 0. The number of nitrogens with zero attached hydrogens (tertiary/aromatic N) is 3. The molecule has 1 aliphatic rings. The highest BCUT2D eigenvalue weighted by atomic mass is 19.1. The van der Waals surface area contributed by atoms with Gasteiger partial charge in [-0.3, -0.25) is 0 Å². The van der Waals surface area contributed by atoms with Crippen LogP contribution in [0.3, 0.4) is 0 Å². The summed E-state index contributed by atoms with van der Waals surface area (Å²) in [6.07, 6.45) is 4.00. The van der Waals surface area contributed by atoms with Crippen LogP contribution in [-0.2, 0) is 13.1 Å². The first-order valence-corrected chi connectivity index (χ1v) is 10.4. The lowest BCUT2D eigenvalue weighted by Gasteiger charge is -2.12. The Hall–Kier alpha value is -3.97. The fourth-order valence-corrected chi connectivity index (χ4v) is 4.00. The number of nitrogens with one attached hydrogen (secondary N) is 1. The minimum absolute atomic E-state index is 0.212. The zero-order chi connectivity index (χ0) is 21.5. The van der Waals surface area contributed by atoms with E-state index in [1.165, 1.54) is 12.1 Å². The van der Waals surface area contributed by atoms with Crippen LogP contribution in [0.1, 0.15) is 11.3 Å². The number of rotatable bonds is 5. The Bertz CT molecular complexity index is 1410. The number of hydrogen-bond donors (Lipinski definition) is 1. The van der Waals surface area contributed by atoms with Gasteiger partial charge in [0.2, 0.25) is 6.79 Å². The molecular formula is C25H19FN4O2. The molecule has 2 aromatic carbocycles. The standard InChI is InChI=1S/C25H19FN4O2/c26-19-6-4-16(5-7-19)25-18(9-17-10-22-23(32-15-31-22)11-21(17)29-25)12-27-13-20-14-30-8-2-1-3-24(30)28-20/h1-11,14,27H,12-13,15H2. The van der Waals surface area contributed by atoms with Crippen LogP contribution in [0.4, 0.5) is 4.39 Å². The second-order valence-corrected chi connectivity index (χ2v) is 7.70. The van der Waals surface area contributed by atoms with Crippen LogP contribution in [0.2, 0.25) is 0 Å². The normalized spacial score (nSPS) is 12.7. The summed E-state index contributed by atoms with van der Waals surface area (Å²) in [5.41, 5.74) is 5.34. The van der Waals surface area contributed by atoms with Crippen molar-refractivity contribution in [1.29, 1.82) is 0 Å². The fourth-order valence-electron chi connectivity index (χ4n) is 4.00. The van der Waals surface area contributed by atoms with E-state index in [9.17, 15) is 4.39 Å². The third kappa shape index (κ3) is 3.42. The molecule has 158 valence electrons. The first kappa shape index (κ1) is 18.8. The van der Waals surface area contributed by atoms with Crippen molar-refractivity contribution < 1.29 is 13.9 Å². The SMILES string of the molecule is Fc1ccc(-c2nc3cc4c(cc3cc2CNCc2cn3ccccc3n2)OCO4)cc1. The van der Waals surface area contributed by atoms with Crippen LogP contribution in [0.25, 0.3) is 27.8 Å². The maximum atomic E-state index is 13.5. The summed E-state index contributed by atoms with van der Waals surface area (Å²) < 4.78 is 26.5. The van der Waals surface area contributed by atoms with Crippen LogP contribution >= 0.6 is 0 Å². The van der Waals surface area contributed by atoms with Gasteiger partial charge in [0.1, 0.15) is 11.5 Å². The van der Waals surface area contributed by atoms with Gasteiger partial charge >= 0.3 is 0 Å². The molecule has 0 spiro atoms. The van der Waals surface area contributed by atoms with Gasteiger partial charge in [-0.2, -0.15) is 0 Å². The predicted octanol–water partition coefficient (Wildman–Crippen LogP) is 4.71. The summed E-state index contributed by atoms with van der Waals surface area (Å²) in [6.45, 7) is 1.41. The highest BCUT2D eigenvalue weighted by Crippen LogP contribution is 2.37. The molecule has 0 radical (unpaired) electrons. The van der Waals surface area contributed by atoms with Gasteiger partial charge in [0.25, 0.3) is 0 Å². The van der Waals surface area contributed by atoms with Crippen LogP contribution in [0, 0.1) is 5.82 Å². The Kier molecular flexibility index (Phi) is 4.47. The maximum absolute atomic E-state index is 13.5. The molecule has 5 aromatic rings. The zero-order valence-electron chi connectivity index (χ0n) is 17.1. The number of fused-ring (bicyclic) bond motifs is 3. The van der Waals surface area contributed by atoms with Gasteiger partial charge in [-0.05, 0) is 54.1 Å². The van der Waals surface area contributed by atoms with Crippen molar-refractivity contribution in [2.75, 3.05) is 6.79 Å². The highest BCUT2D eigenvalue weighted by Gasteiger charge is 2.17. The summed E-state index contributed by atoms with van der Waals surface area (Å²) in [5, 5.41) is 4.43. The smallest absolute Gasteiger partial charge is 0.231 e. The first-order valence-electron chi connectivity index (χ1n) is 10.4. The molecule has 6 rings (SSSR count). The van der Waals surface area contributed by atoms with E-state index in [2.05, 4.69) is 16.4 Å². The van der Waals surface area contributed by atoms with Gasteiger partial charge in [-0.15, -0.1) is 0 Å². The monoisotopic (exact) mass is 426 g/mol. The van der Waals surface area contributed by atoms with E-state index < -0.39 is 0 Å². The number of pyridine rings is 2. The minimum atomic E-state index is -0.274. The van der Waals surface area contributed by atoms with E-state index in [-0.39, 0.29) is 12.6 Å². The summed E-state index contributed by atoms with van der Waals surface area (Å²) in [6, 6.07) is 18.3. The minimum Gasteiger partial charge on any atom is -0.454 e. The van der Waals surface area contributed by atoms with Gasteiger partial charge in [-0.25, -0.2) is 14.4 Å². The topological polar surface area (TPSA) is 60.7 Å². The van der Waals surface area contributed by atoms with Crippen molar-refractivity contribution >= 4 is 16.6 Å². The molecule has 7 heteroatoms. The molecule has 0 aliphatic carbocycles. The van der Waals surface area contributed by atoms with Crippen molar-refractivity contribution in [3.63, 3.8) is 0 Å². The van der Waals surface area contributed by atoms with Crippen molar-refractivity contribution in [3.05, 3.63) is 90.1 Å². The predicted molar refractivity (Wildman–Crippen MR) is 119 cm³/mol. The number of benzene rings is 2. The van der Waals surface area contributed by atoms with Crippen molar-refractivity contribution in [1.82, 2.24) is 19.7 Å². The Morgan fingerprint density at radius 3 is 2.62 bits per heavy atom. The number of aromatic nitrogens is 3. The van der Waals surface area contributed by atoms with Crippen LogP contribution < -0.4 is 14.8 Å². The highest BCUT2D eigenvalue weighted by molar-refractivity contribution is 5.86. The summed E-state index contributed by atoms with van der Waals surface area (Å²) in [4.78, 5) is 9.53. The van der Waals surface area contributed by atoms with Crippen molar-refractivity contribution in [2.45, 2.75) is 13.1 Å². The molecule has 0 bridgehead atoms. The van der Waals surface area contributed by atoms with Gasteiger partial charge in [0.15, 0.2) is 11.5 Å². The van der Waals surface area contributed by atoms with Gasteiger partial charge in [0, 0.05) is 42.5 Å². The lowest BCUT2D eigenvalue weighted by Crippen LogP contribution is -2.14. The fraction of sp³-hybridized carbons (Fsp3) is 0.120. The Labute approximate surface area is 183 Å². The molecule has 0 saturated heterocycles. The van der Waals surface area contributed by atoms with E-state index in [0.29, 0.717) is 18.8 Å². The van der Waals surface area contributed by atoms with Crippen molar-refractivity contribution in [2.24, 2.45) is 0 Å².